The number of likely N-dealkylation sites (N-methyl/N-ethyl adjacent to an activating group) is 1. The van der Waals surface area contributed by atoms with E-state index in [1.807, 2.05) is 13.3 Å². The molecule has 1 aliphatic carbocycles. The second-order valence-corrected chi connectivity index (χ2v) is 6.10. The monoisotopic (exact) mass is 293 g/mol. The number of imidazole rings is 1. The molecule has 4 nitrogen and oxygen atoms in total. The molecule has 2 rings (SSSR count). The Bertz CT molecular complexity index is 398. The molecule has 120 valence electrons. The smallest absolute Gasteiger partial charge is 0.110 e. The van der Waals surface area contributed by atoms with E-state index in [9.17, 15) is 0 Å². The van der Waals surface area contributed by atoms with Crippen LogP contribution in [0.4, 0.5) is 0 Å². The van der Waals surface area contributed by atoms with E-state index in [0.717, 1.165) is 19.5 Å². The van der Waals surface area contributed by atoms with Gasteiger partial charge in [0.15, 0.2) is 0 Å². The van der Waals surface area contributed by atoms with E-state index in [4.69, 9.17) is 4.74 Å². The van der Waals surface area contributed by atoms with Crippen LogP contribution in [-0.4, -0.2) is 35.4 Å². The van der Waals surface area contributed by atoms with E-state index in [1.54, 1.807) is 0 Å². The van der Waals surface area contributed by atoms with Crippen LogP contribution in [0.15, 0.2) is 12.4 Å². The van der Waals surface area contributed by atoms with Gasteiger partial charge in [-0.25, -0.2) is 4.98 Å². The molecular weight excluding hydrogens is 262 g/mol. The summed E-state index contributed by atoms with van der Waals surface area (Å²) in [5, 5.41) is 3.64. The van der Waals surface area contributed by atoms with Gasteiger partial charge in [-0.1, -0.05) is 26.2 Å². The summed E-state index contributed by atoms with van der Waals surface area (Å²) < 4.78 is 8.16. The lowest BCUT2D eigenvalue weighted by atomic mass is 9.81. The minimum atomic E-state index is 0.298. The lowest BCUT2D eigenvalue weighted by Gasteiger charge is -2.35. The predicted octanol–water partition coefficient (Wildman–Crippen LogP) is 3.02. The molecule has 0 bridgehead atoms. The first-order valence-corrected chi connectivity index (χ1v) is 8.56. The van der Waals surface area contributed by atoms with Crippen LogP contribution in [0.1, 0.15) is 51.8 Å². The molecule has 2 unspecified atom stereocenters. The molecule has 2 atom stereocenters. The van der Waals surface area contributed by atoms with E-state index in [2.05, 4.69) is 34.9 Å². The second kappa shape index (κ2) is 8.54. The van der Waals surface area contributed by atoms with E-state index in [-0.39, 0.29) is 0 Å². The predicted molar refractivity (Wildman–Crippen MR) is 86.4 cm³/mol. The zero-order valence-electron chi connectivity index (χ0n) is 13.8. The molecule has 1 fully saturated rings. The molecule has 0 amide bonds. The molecular formula is C17H31N3O. The first-order chi connectivity index (χ1) is 10.3. The number of nitrogens with one attached hydrogen (secondary N) is 1. The molecule has 0 radical (unpaired) electrons. The van der Waals surface area contributed by atoms with Crippen LogP contribution in [0.5, 0.6) is 0 Å². The molecule has 1 aromatic rings. The topological polar surface area (TPSA) is 39.1 Å². The van der Waals surface area contributed by atoms with Crippen molar-refractivity contribution >= 4 is 0 Å². The standard InChI is InChI=1S/C17H31N3O/c1-4-18-15(13-16-19-11-12-20(16)5-2)17(21-3)14-9-7-6-8-10-14/h11-12,14-15,17-18H,4-10,13H2,1-3H3. The van der Waals surface area contributed by atoms with Gasteiger partial charge in [0.25, 0.3) is 0 Å². The summed E-state index contributed by atoms with van der Waals surface area (Å²) in [6.07, 6.45) is 11.9. The molecule has 1 aliphatic rings. The third-order valence-electron chi connectivity index (χ3n) is 4.79. The highest BCUT2D eigenvalue weighted by Gasteiger charge is 2.31. The molecule has 4 heteroatoms. The Balaban J connectivity index is 2.07. The fraction of sp³-hybridized carbons (Fsp3) is 0.824. The highest BCUT2D eigenvalue weighted by Crippen LogP contribution is 2.30. The van der Waals surface area contributed by atoms with Gasteiger partial charge in [0.2, 0.25) is 0 Å². The first kappa shape index (κ1) is 16.5. The van der Waals surface area contributed by atoms with Crippen molar-refractivity contribution in [3.8, 4) is 0 Å². The Kier molecular flexibility index (Phi) is 6.71. The third-order valence-corrected chi connectivity index (χ3v) is 4.79. The van der Waals surface area contributed by atoms with Crippen molar-refractivity contribution in [2.24, 2.45) is 5.92 Å². The number of aromatic nitrogens is 2. The molecule has 0 aliphatic heterocycles. The van der Waals surface area contributed by atoms with Crippen molar-refractivity contribution in [1.29, 1.82) is 0 Å². The Morgan fingerprint density at radius 2 is 2.10 bits per heavy atom. The van der Waals surface area contributed by atoms with Crippen LogP contribution < -0.4 is 5.32 Å². The summed E-state index contributed by atoms with van der Waals surface area (Å²) in [5.74, 6) is 1.86. The zero-order valence-corrected chi connectivity index (χ0v) is 13.8. The quantitative estimate of drug-likeness (QED) is 0.801. The summed E-state index contributed by atoms with van der Waals surface area (Å²) in [6.45, 7) is 6.30. The minimum absolute atomic E-state index is 0.298. The van der Waals surface area contributed by atoms with Crippen molar-refractivity contribution in [1.82, 2.24) is 14.9 Å². The molecule has 1 saturated carbocycles. The lowest BCUT2D eigenvalue weighted by molar-refractivity contribution is 0.00805. The van der Waals surface area contributed by atoms with Crippen LogP contribution in [0.2, 0.25) is 0 Å². The largest absolute Gasteiger partial charge is 0.380 e. The summed E-state index contributed by atoms with van der Waals surface area (Å²) in [7, 11) is 1.87. The summed E-state index contributed by atoms with van der Waals surface area (Å²) in [5.41, 5.74) is 0. The van der Waals surface area contributed by atoms with E-state index < -0.39 is 0 Å². The van der Waals surface area contributed by atoms with E-state index >= 15 is 0 Å². The minimum Gasteiger partial charge on any atom is -0.380 e. The van der Waals surface area contributed by atoms with E-state index in [0.29, 0.717) is 18.1 Å². The maximum absolute atomic E-state index is 5.93. The van der Waals surface area contributed by atoms with Crippen LogP contribution in [0.25, 0.3) is 0 Å². The fourth-order valence-electron chi connectivity index (χ4n) is 3.73. The zero-order chi connectivity index (χ0) is 15.1. The number of hydrogen-bond donors (Lipinski definition) is 1. The van der Waals surface area contributed by atoms with Crippen molar-refractivity contribution in [2.45, 2.75) is 71.1 Å². The van der Waals surface area contributed by atoms with Gasteiger partial charge in [-0.05, 0) is 32.2 Å². The molecule has 0 saturated heterocycles. The van der Waals surface area contributed by atoms with Gasteiger partial charge >= 0.3 is 0 Å². The average Bonchev–Trinajstić information content (AvgIpc) is 2.96. The fourth-order valence-corrected chi connectivity index (χ4v) is 3.73. The van der Waals surface area contributed by atoms with Crippen molar-refractivity contribution < 1.29 is 4.74 Å². The van der Waals surface area contributed by atoms with Crippen LogP contribution in [0.3, 0.4) is 0 Å². The first-order valence-electron chi connectivity index (χ1n) is 8.56. The van der Waals surface area contributed by atoms with Gasteiger partial charge in [0.05, 0.1) is 6.10 Å². The Hall–Kier alpha value is -0.870. The Morgan fingerprint density at radius 1 is 1.33 bits per heavy atom. The van der Waals surface area contributed by atoms with E-state index in [1.165, 1.54) is 37.9 Å². The normalized spacial score (nSPS) is 19.6. The maximum Gasteiger partial charge on any atom is 0.110 e. The highest BCUT2D eigenvalue weighted by molar-refractivity contribution is 4.98. The molecule has 1 aromatic heterocycles. The number of methoxy groups -OCH3 is 1. The van der Waals surface area contributed by atoms with Gasteiger partial charge in [0, 0.05) is 38.5 Å². The van der Waals surface area contributed by atoms with Crippen LogP contribution in [-0.2, 0) is 17.7 Å². The molecule has 0 aromatic carbocycles. The number of nitrogens with zero attached hydrogens (tertiary/aromatic N) is 2. The van der Waals surface area contributed by atoms with Crippen LogP contribution >= 0.6 is 0 Å². The molecule has 21 heavy (non-hydrogen) atoms. The summed E-state index contributed by atoms with van der Waals surface area (Å²) in [6, 6.07) is 0.357. The second-order valence-electron chi connectivity index (χ2n) is 6.10. The number of rotatable bonds is 8. The summed E-state index contributed by atoms with van der Waals surface area (Å²) in [4.78, 5) is 4.54. The van der Waals surface area contributed by atoms with Gasteiger partial charge in [-0.2, -0.15) is 0 Å². The highest BCUT2D eigenvalue weighted by atomic mass is 16.5. The third kappa shape index (κ3) is 4.30. The van der Waals surface area contributed by atoms with Gasteiger partial charge < -0.3 is 14.6 Å². The Morgan fingerprint density at radius 3 is 2.71 bits per heavy atom. The average molecular weight is 293 g/mol. The van der Waals surface area contributed by atoms with Crippen molar-refractivity contribution in [3.63, 3.8) is 0 Å². The van der Waals surface area contributed by atoms with Crippen molar-refractivity contribution in [2.75, 3.05) is 13.7 Å². The maximum atomic E-state index is 5.93. The summed E-state index contributed by atoms with van der Waals surface area (Å²) >= 11 is 0. The molecule has 0 spiro atoms. The number of ether oxygens (including phenoxy) is 1. The Labute approximate surface area is 129 Å². The molecule has 1 N–H and O–H groups in total. The SMILES string of the molecule is CCNC(Cc1nccn1CC)C(OC)C1CCCCC1. The van der Waals surface area contributed by atoms with Crippen molar-refractivity contribution in [3.05, 3.63) is 18.2 Å². The lowest BCUT2D eigenvalue weighted by Crippen LogP contribution is -2.47. The molecule has 1 heterocycles. The number of hydrogen-bond acceptors (Lipinski definition) is 3. The van der Waals surface area contributed by atoms with Gasteiger partial charge in [-0.3, -0.25) is 0 Å². The van der Waals surface area contributed by atoms with Gasteiger partial charge in [0.1, 0.15) is 5.82 Å². The van der Waals surface area contributed by atoms with Gasteiger partial charge in [-0.15, -0.1) is 0 Å². The number of aryl methyl sites for hydroxylation is 1. The van der Waals surface area contributed by atoms with Crippen LogP contribution in [0, 0.1) is 5.92 Å².